The van der Waals surface area contributed by atoms with Crippen LogP contribution < -0.4 is 5.73 Å². The van der Waals surface area contributed by atoms with Crippen LogP contribution in [-0.2, 0) is 15.0 Å². The van der Waals surface area contributed by atoms with Gasteiger partial charge in [0.2, 0.25) is 5.91 Å². The molecule has 0 spiro atoms. The molecular weight excluding hydrogens is 272 g/mol. The van der Waals surface area contributed by atoms with Crippen molar-refractivity contribution in [3.63, 3.8) is 0 Å². The number of carboxylic acid groups (broad SMARTS) is 1. The first kappa shape index (κ1) is 15.3. The number of aliphatic carboxylic acids is 1. The van der Waals surface area contributed by atoms with Crippen molar-refractivity contribution in [1.29, 1.82) is 0 Å². The first-order valence-corrected chi connectivity index (χ1v) is 6.81. The average molecular weight is 292 g/mol. The molecule has 0 radical (unpaired) electrons. The van der Waals surface area contributed by atoms with Crippen molar-refractivity contribution in [2.45, 2.75) is 37.8 Å². The van der Waals surface area contributed by atoms with E-state index in [0.717, 1.165) is 5.56 Å². The van der Waals surface area contributed by atoms with Crippen LogP contribution in [0.2, 0.25) is 0 Å². The van der Waals surface area contributed by atoms with Crippen LogP contribution in [0.15, 0.2) is 24.3 Å². The van der Waals surface area contributed by atoms with Crippen LogP contribution in [0.25, 0.3) is 0 Å². The normalized spacial score (nSPS) is 22.3. The number of carbonyl (C=O) groups excluding carboxylic acids is 1. The summed E-state index contributed by atoms with van der Waals surface area (Å²) in [7, 11) is 0. The summed E-state index contributed by atoms with van der Waals surface area (Å²) >= 11 is 0. The second-order valence-corrected chi connectivity index (χ2v) is 5.95. The number of aliphatic hydroxyl groups is 1. The summed E-state index contributed by atoms with van der Waals surface area (Å²) in [5.74, 6) is -1.40. The van der Waals surface area contributed by atoms with E-state index in [1.807, 2.05) is 0 Å². The third kappa shape index (κ3) is 2.85. The van der Waals surface area contributed by atoms with Crippen LogP contribution in [0.3, 0.4) is 0 Å². The Labute approximate surface area is 123 Å². The summed E-state index contributed by atoms with van der Waals surface area (Å²) in [5, 5.41) is 18.9. The summed E-state index contributed by atoms with van der Waals surface area (Å²) in [6.45, 7) is 3.53. The number of nitrogens with zero attached hydrogens (tertiary/aromatic N) is 1. The van der Waals surface area contributed by atoms with Crippen molar-refractivity contribution in [2.24, 2.45) is 0 Å². The summed E-state index contributed by atoms with van der Waals surface area (Å²) < 4.78 is 0. The maximum Gasteiger partial charge on any atom is 0.326 e. The molecule has 1 fully saturated rings. The number of amides is 1. The molecule has 1 aliphatic heterocycles. The van der Waals surface area contributed by atoms with Crippen LogP contribution >= 0.6 is 0 Å². The maximum absolute atomic E-state index is 12.7. The number of rotatable bonds is 3. The number of β-amino-alcohol motifs (C(OH)–C–C–N with tert-alkyl or cyclic N) is 1. The van der Waals surface area contributed by atoms with Crippen molar-refractivity contribution in [2.75, 3.05) is 12.3 Å². The highest BCUT2D eigenvalue weighted by molar-refractivity contribution is 5.91. The zero-order valence-corrected chi connectivity index (χ0v) is 12.1. The lowest BCUT2D eigenvalue weighted by molar-refractivity contribution is -0.150. The van der Waals surface area contributed by atoms with Gasteiger partial charge in [0.1, 0.15) is 6.04 Å². The van der Waals surface area contributed by atoms with Crippen molar-refractivity contribution in [3.05, 3.63) is 29.8 Å². The highest BCUT2D eigenvalue weighted by Gasteiger charge is 2.44. The van der Waals surface area contributed by atoms with Crippen LogP contribution in [0.5, 0.6) is 0 Å². The molecular formula is C15H20N2O4. The number of carboxylic acids is 1. The second-order valence-electron chi connectivity index (χ2n) is 5.95. The molecule has 1 aromatic carbocycles. The van der Waals surface area contributed by atoms with E-state index in [0.29, 0.717) is 5.69 Å². The zero-order chi connectivity index (χ0) is 15.8. The Morgan fingerprint density at radius 2 is 1.86 bits per heavy atom. The SMILES string of the molecule is CC(C)(C(=O)N1CC(O)CC1C(=O)O)c1ccc(N)cc1. The molecule has 2 rings (SSSR count). The van der Waals surface area contributed by atoms with Crippen LogP contribution in [0.1, 0.15) is 25.8 Å². The number of aliphatic hydroxyl groups excluding tert-OH is 1. The number of benzene rings is 1. The van der Waals surface area contributed by atoms with E-state index in [2.05, 4.69) is 0 Å². The lowest BCUT2D eigenvalue weighted by Crippen LogP contribution is -2.48. The number of likely N-dealkylation sites (tertiary alicyclic amines) is 1. The van der Waals surface area contributed by atoms with Gasteiger partial charge in [-0.25, -0.2) is 4.79 Å². The van der Waals surface area contributed by atoms with Gasteiger partial charge < -0.3 is 20.8 Å². The van der Waals surface area contributed by atoms with Gasteiger partial charge in [0.15, 0.2) is 0 Å². The highest BCUT2D eigenvalue weighted by atomic mass is 16.4. The van der Waals surface area contributed by atoms with Crippen LogP contribution in [0.4, 0.5) is 5.69 Å². The lowest BCUT2D eigenvalue weighted by Gasteiger charge is -2.32. The van der Waals surface area contributed by atoms with Crippen molar-refractivity contribution in [1.82, 2.24) is 4.90 Å². The fourth-order valence-corrected chi connectivity index (χ4v) is 2.65. The standard InChI is InChI=1S/C15H20N2O4/c1-15(2,9-3-5-10(16)6-4-9)14(21)17-8-11(18)7-12(17)13(19)20/h3-6,11-12,18H,7-8,16H2,1-2H3,(H,19,20). The zero-order valence-electron chi connectivity index (χ0n) is 12.1. The molecule has 6 heteroatoms. The van der Waals surface area contributed by atoms with Crippen molar-refractivity contribution >= 4 is 17.6 Å². The first-order chi connectivity index (χ1) is 9.73. The smallest absolute Gasteiger partial charge is 0.326 e. The van der Waals surface area contributed by atoms with E-state index in [9.17, 15) is 19.8 Å². The molecule has 1 heterocycles. The molecule has 6 nitrogen and oxygen atoms in total. The second kappa shape index (κ2) is 5.37. The van der Waals surface area contributed by atoms with Gasteiger partial charge in [-0.2, -0.15) is 0 Å². The summed E-state index contributed by atoms with van der Waals surface area (Å²) in [5.41, 5.74) is 6.11. The van der Waals surface area contributed by atoms with Crippen molar-refractivity contribution < 1.29 is 19.8 Å². The third-order valence-electron chi connectivity index (χ3n) is 3.99. The van der Waals surface area contributed by atoms with Gasteiger partial charge in [-0.05, 0) is 31.5 Å². The molecule has 0 saturated carbocycles. The number of carbonyl (C=O) groups is 2. The first-order valence-electron chi connectivity index (χ1n) is 6.81. The molecule has 0 aliphatic carbocycles. The fraction of sp³-hybridized carbons (Fsp3) is 0.467. The third-order valence-corrected chi connectivity index (χ3v) is 3.99. The van der Waals surface area contributed by atoms with Gasteiger partial charge in [-0.15, -0.1) is 0 Å². The van der Waals surface area contributed by atoms with Gasteiger partial charge >= 0.3 is 5.97 Å². The topological polar surface area (TPSA) is 104 Å². The molecule has 0 aromatic heterocycles. The molecule has 1 amide bonds. The lowest BCUT2D eigenvalue weighted by atomic mass is 9.83. The Balaban J connectivity index is 2.29. The molecule has 2 atom stereocenters. The van der Waals surface area contributed by atoms with Crippen molar-refractivity contribution in [3.8, 4) is 0 Å². The summed E-state index contributed by atoms with van der Waals surface area (Å²) in [6.07, 6.45) is -0.726. The number of nitrogens with two attached hydrogens (primary N) is 1. The molecule has 21 heavy (non-hydrogen) atoms. The predicted octanol–water partition coefficient (Wildman–Crippen LogP) is 0.593. The van der Waals surface area contributed by atoms with Crippen LogP contribution in [0, 0.1) is 0 Å². The molecule has 1 aromatic rings. The summed E-state index contributed by atoms with van der Waals surface area (Å²) in [4.78, 5) is 25.2. The minimum absolute atomic E-state index is 0.0498. The minimum atomic E-state index is -1.09. The highest BCUT2D eigenvalue weighted by Crippen LogP contribution is 2.30. The van der Waals surface area contributed by atoms with Gasteiger partial charge in [0.25, 0.3) is 0 Å². The van der Waals surface area contributed by atoms with Gasteiger partial charge in [0, 0.05) is 18.7 Å². The quantitative estimate of drug-likeness (QED) is 0.707. The fourth-order valence-electron chi connectivity index (χ4n) is 2.65. The van der Waals surface area contributed by atoms with Gasteiger partial charge in [0.05, 0.1) is 11.5 Å². The average Bonchev–Trinajstić information content (AvgIpc) is 2.80. The number of nitrogen functional groups attached to an aromatic ring is 1. The van der Waals surface area contributed by atoms with E-state index in [1.165, 1.54) is 4.90 Å². The van der Waals surface area contributed by atoms with E-state index < -0.39 is 23.5 Å². The van der Waals surface area contributed by atoms with Gasteiger partial charge in [-0.3, -0.25) is 4.79 Å². The van der Waals surface area contributed by atoms with E-state index >= 15 is 0 Å². The molecule has 0 bridgehead atoms. The van der Waals surface area contributed by atoms with E-state index in [-0.39, 0.29) is 18.9 Å². The molecule has 2 unspecified atom stereocenters. The number of hydrogen-bond acceptors (Lipinski definition) is 4. The Morgan fingerprint density at radius 1 is 1.29 bits per heavy atom. The molecule has 4 N–H and O–H groups in total. The summed E-state index contributed by atoms with van der Waals surface area (Å²) in [6, 6.07) is 5.96. The van der Waals surface area contributed by atoms with Gasteiger partial charge in [-0.1, -0.05) is 12.1 Å². The largest absolute Gasteiger partial charge is 0.480 e. The molecule has 1 saturated heterocycles. The van der Waals surface area contributed by atoms with E-state index in [1.54, 1.807) is 38.1 Å². The molecule has 1 aliphatic rings. The predicted molar refractivity (Wildman–Crippen MR) is 77.6 cm³/mol. The Hall–Kier alpha value is -2.08. The maximum atomic E-state index is 12.7. The Bertz CT molecular complexity index is 553. The number of hydrogen-bond donors (Lipinski definition) is 3. The van der Waals surface area contributed by atoms with Crippen LogP contribution in [-0.4, -0.2) is 45.7 Å². The number of anilines is 1. The van der Waals surface area contributed by atoms with E-state index in [4.69, 9.17) is 5.73 Å². The Morgan fingerprint density at radius 3 is 2.38 bits per heavy atom. The molecule has 114 valence electrons. The minimum Gasteiger partial charge on any atom is -0.480 e. The monoisotopic (exact) mass is 292 g/mol. The Kier molecular flexibility index (Phi) is 3.91.